The van der Waals surface area contributed by atoms with Crippen LogP contribution in [0.5, 0.6) is 0 Å². The van der Waals surface area contributed by atoms with E-state index in [9.17, 15) is 0 Å². The minimum absolute atomic E-state index is 0.0659. The number of rotatable bonds is 3. The highest BCUT2D eigenvalue weighted by Crippen LogP contribution is 1.94. The van der Waals surface area contributed by atoms with E-state index < -0.39 is 0 Å². The monoisotopic (exact) mass is 360 g/mol. The Morgan fingerprint density at radius 2 is 1.30 bits per heavy atom. The molecule has 27 heavy (non-hydrogen) atoms. The third-order valence-electron chi connectivity index (χ3n) is 2.83. The lowest BCUT2D eigenvalue weighted by Crippen LogP contribution is -1.89. The van der Waals surface area contributed by atoms with Crippen LogP contribution in [0.4, 0.5) is 0 Å². The van der Waals surface area contributed by atoms with Gasteiger partial charge in [-0.2, -0.15) is 0 Å². The largest absolute Gasteiger partial charge is 0.395 e. The molecule has 1 N–H and O–H groups in total. The molecule has 0 aromatic carbocycles. The number of aliphatic hydroxyl groups is 1. The van der Waals surface area contributed by atoms with Gasteiger partial charge in [0.05, 0.1) is 25.2 Å². The smallest absolute Gasteiger partial charge is 0.132 e. The number of hydrogen-bond acceptors (Lipinski definition) is 5. The summed E-state index contributed by atoms with van der Waals surface area (Å²) in [6, 6.07) is 0. The second kappa shape index (κ2) is 15.1. The van der Waals surface area contributed by atoms with E-state index in [4.69, 9.17) is 5.11 Å². The van der Waals surface area contributed by atoms with Gasteiger partial charge in [0.2, 0.25) is 0 Å². The minimum Gasteiger partial charge on any atom is -0.395 e. The summed E-state index contributed by atoms with van der Waals surface area (Å²) >= 11 is 0. The fraction of sp³-hybridized carbons (Fsp3) is 0.364. The first kappa shape index (κ1) is 21.8. The van der Waals surface area contributed by atoms with Crippen molar-refractivity contribution in [2.24, 2.45) is 0 Å². The van der Waals surface area contributed by atoms with Crippen LogP contribution in [0.1, 0.15) is 63.0 Å². The summed E-state index contributed by atoms with van der Waals surface area (Å²) in [5.74, 6) is 17.5. The van der Waals surface area contributed by atoms with Gasteiger partial charge in [0.15, 0.2) is 0 Å². The molecule has 0 unspecified atom stereocenters. The summed E-state index contributed by atoms with van der Waals surface area (Å²) in [4.78, 5) is 16.1. The van der Waals surface area contributed by atoms with Crippen LogP contribution < -0.4 is 0 Å². The van der Waals surface area contributed by atoms with Crippen LogP contribution in [0.15, 0.2) is 31.0 Å². The summed E-state index contributed by atoms with van der Waals surface area (Å²) in [5.41, 5.74) is 1.99. The second-order valence-corrected chi connectivity index (χ2v) is 5.26. The Balaban J connectivity index is 0.000000289. The van der Waals surface area contributed by atoms with E-state index >= 15 is 0 Å². The molecule has 2 aromatic rings. The summed E-state index contributed by atoms with van der Waals surface area (Å²) in [5, 5.41) is 8.58. The van der Waals surface area contributed by atoms with Gasteiger partial charge in [-0.1, -0.05) is 31.6 Å². The summed E-state index contributed by atoms with van der Waals surface area (Å²) < 4.78 is 0. The molecule has 2 rings (SSSR count). The summed E-state index contributed by atoms with van der Waals surface area (Å²) in [7, 11) is 0. The Morgan fingerprint density at radius 1 is 0.741 bits per heavy atom. The highest BCUT2D eigenvalue weighted by molar-refractivity contribution is 5.31. The molecule has 0 aliphatic rings. The lowest BCUT2D eigenvalue weighted by molar-refractivity contribution is 0.305. The normalized spacial score (nSPS) is 8.56. The first-order chi connectivity index (χ1) is 13.3. The van der Waals surface area contributed by atoms with E-state index in [2.05, 4.69) is 69.3 Å². The van der Waals surface area contributed by atoms with Gasteiger partial charge in [-0.3, -0.25) is 9.97 Å². The average Bonchev–Trinajstić information content (AvgIpc) is 2.70. The fourth-order valence-electron chi connectivity index (χ4n) is 1.62. The quantitative estimate of drug-likeness (QED) is 0.852. The lowest BCUT2D eigenvalue weighted by Gasteiger charge is -1.90. The van der Waals surface area contributed by atoms with Gasteiger partial charge in [0.1, 0.15) is 17.1 Å². The maximum Gasteiger partial charge on any atom is 0.132 e. The van der Waals surface area contributed by atoms with Crippen molar-refractivity contribution in [2.45, 2.75) is 46.0 Å². The number of hydrogen-bond donors (Lipinski definition) is 1. The van der Waals surface area contributed by atoms with Crippen molar-refractivity contribution in [3.8, 4) is 35.5 Å². The van der Waals surface area contributed by atoms with Crippen molar-refractivity contribution in [2.75, 3.05) is 6.61 Å². The van der Waals surface area contributed by atoms with Crippen LogP contribution in [0, 0.1) is 35.5 Å². The molecule has 0 saturated heterocycles. The molecule has 2 heterocycles. The average molecular weight is 360 g/mol. The van der Waals surface area contributed by atoms with Gasteiger partial charge >= 0.3 is 0 Å². The molecule has 0 aliphatic heterocycles. The van der Waals surface area contributed by atoms with Crippen molar-refractivity contribution in [3.05, 3.63) is 48.1 Å². The highest BCUT2D eigenvalue weighted by atomic mass is 16.2. The van der Waals surface area contributed by atoms with Crippen molar-refractivity contribution in [3.63, 3.8) is 0 Å². The van der Waals surface area contributed by atoms with Crippen LogP contribution in [0.2, 0.25) is 0 Å². The Bertz CT molecular complexity index is 807. The molecule has 5 nitrogen and oxygen atoms in total. The first-order valence-electron chi connectivity index (χ1n) is 8.95. The van der Waals surface area contributed by atoms with E-state index in [-0.39, 0.29) is 6.61 Å². The zero-order valence-electron chi connectivity index (χ0n) is 15.9. The fourth-order valence-corrected chi connectivity index (χ4v) is 1.62. The standard InChI is InChI=1S/C13H14N2O.C9H10N2/c1-2-3-4-7-12-10-14-11-13(15-12)8-5-6-9-16;1-2-3-4-5-9-8-10-6-7-11-9/h10-11,16H,2-3,6,9H2,1H3;6-8H,2-3H2,1H3. The number of aliphatic hydroxyl groups excluding tert-OH is 1. The van der Waals surface area contributed by atoms with Crippen LogP contribution in [-0.4, -0.2) is 31.6 Å². The molecule has 0 bridgehead atoms. The molecule has 0 spiro atoms. The van der Waals surface area contributed by atoms with E-state index in [1.807, 2.05) is 0 Å². The van der Waals surface area contributed by atoms with Crippen LogP contribution in [0.25, 0.3) is 0 Å². The molecule has 0 fully saturated rings. The van der Waals surface area contributed by atoms with Gasteiger partial charge in [0.25, 0.3) is 0 Å². The minimum atomic E-state index is 0.0659. The molecular formula is C22H24N4O. The number of aromatic nitrogens is 4. The van der Waals surface area contributed by atoms with Gasteiger partial charge in [-0.25, -0.2) is 9.97 Å². The van der Waals surface area contributed by atoms with Gasteiger partial charge in [0, 0.05) is 31.7 Å². The van der Waals surface area contributed by atoms with E-state index in [1.165, 1.54) is 0 Å². The first-order valence-corrected chi connectivity index (χ1v) is 8.95. The topological polar surface area (TPSA) is 71.8 Å². The molecule has 0 atom stereocenters. The van der Waals surface area contributed by atoms with Crippen molar-refractivity contribution in [1.82, 2.24) is 19.9 Å². The SMILES string of the molecule is CCCC#Cc1cncc(C#CCCO)n1.CCCC#Cc1cnccn1. The lowest BCUT2D eigenvalue weighted by atomic mass is 10.3. The van der Waals surface area contributed by atoms with E-state index in [0.29, 0.717) is 17.8 Å². The number of unbranched alkanes of at least 4 members (excludes halogenated alkanes) is 2. The summed E-state index contributed by atoms with van der Waals surface area (Å²) in [6.07, 6.45) is 12.6. The Morgan fingerprint density at radius 3 is 1.81 bits per heavy atom. The maximum atomic E-state index is 8.58. The molecule has 138 valence electrons. The van der Waals surface area contributed by atoms with E-state index in [1.54, 1.807) is 31.0 Å². The van der Waals surface area contributed by atoms with Gasteiger partial charge in [-0.15, -0.1) is 0 Å². The Hall–Kier alpha value is -3.20. The molecule has 2 aromatic heterocycles. The van der Waals surface area contributed by atoms with Crippen LogP contribution in [0.3, 0.4) is 0 Å². The molecule has 0 amide bonds. The van der Waals surface area contributed by atoms with Crippen molar-refractivity contribution >= 4 is 0 Å². The van der Waals surface area contributed by atoms with Crippen molar-refractivity contribution < 1.29 is 5.11 Å². The maximum absolute atomic E-state index is 8.58. The highest BCUT2D eigenvalue weighted by Gasteiger charge is 1.91. The molecule has 0 aliphatic carbocycles. The zero-order valence-corrected chi connectivity index (χ0v) is 15.9. The third-order valence-corrected chi connectivity index (χ3v) is 2.83. The van der Waals surface area contributed by atoms with Crippen LogP contribution in [-0.2, 0) is 0 Å². The molecule has 5 heteroatoms. The molecular weight excluding hydrogens is 336 g/mol. The molecule has 0 radical (unpaired) electrons. The summed E-state index contributed by atoms with van der Waals surface area (Å²) in [6.45, 7) is 4.25. The van der Waals surface area contributed by atoms with Crippen LogP contribution >= 0.6 is 0 Å². The van der Waals surface area contributed by atoms with Crippen molar-refractivity contribution in [1.29, 1.82) is 0 Å². The third kappa shape index (κ3) is 11.1. The van der Waals surface area contributed by atoms with E-state index in [0.717, 1.165) is 31.4 Å². The van der Waals surface area contributed by atoms with Gasteiger partial charge in [-0.05, 0) is 30.6 Å². The Labute approximate surface area is 161 Å². The predicted octanol–water partition coefficient (Wildman–Crippen LogP) is 2.99. The Kier molecular flexibility index (Phi) is 12.2. The number of nitrogens with zero attached hydrogens (tertiary/aromatic N) is 4. The zero-order chi connectivity index (χ0) is 19.6. The predicted molar refractivity (Wildman–Crippen MR) is 106 cm³/mol. The molecule has 0 saturated carbocycles. The van der Waals surface area contributed by atoms with Gasteiger partial charge < -0.3 is 5.11 Å². The second-order valence-electron chi connectivity index (χ2n) is 5.26.